The van der Waals surface area contributed by atoms with Crippen molar-refractivity contribution in [3.8, 4) is 0 Å². The lowest BCUT2D eigenvalue weighted by atomic mass is 9.85. The molecule has 1 nitrogen and oxygen atoms in total. The monoisotopic (exact) mass is 300 g/mol. The van der Waals surface area contributed by atoms with Crippen LogP contribution in [0.25, 0.3) is 0 Å². The molecule has 0 amide bonds. The topological polar surface area (TPSA) is 17.1 Å². The van der Waals surface area contributed by atoms with E-state index in [1.54, 1.807) is 6.07 Å². The van der Waals surface area contributed by atoms with E-state index in [-0.39, 0.29) is 5.78 Å². The summed E-state index contributed by atoms with van der Waals surface area (Å²) in [6.45, 7) is 12.3. The molecule has 2 rings (SSSR count). The lowest BCUT2D eigenvalue weighted by Gasteiger charge is -2.18. The van der Waals surface area contributed by atoms with Gasteiger partial charge in [-0.2, -0.15) is 0 Å². The number of carbonyl (C=O) groups excluding carboxylic acids is 1. The fourth-order valence-electron chi connectivity index (χ4n) is 2.81. The third-order valence-electron chi connectivity index (χ3n) is 4.67. The minimum absolute atomic E-state index is 0.0659. The fraction of sp³-hybridized carbons (Fsp3) is 0.316. The van der Waals surface area contributed by atoms with E-state index < -0.39 is 0 Å². The van der Waals surface area contributed by atoms with Gasteiger partial charge in [-0.3, -0.25) is 4.79 Å². The normalized spacial score (nSPS) is 10.8. The summed E-state index contributed by atoms with van der Waals surface area (Å²) in [6.07, 6.45) is 0. The minimum Gasteiger partial charge on any atom is -0.289 e. The van der Waals surface area contributed by atoms with Crippen LogP contribution in [0.5, 0.6) is 0 Å². The van der Waals surface area contributed by atoms with Crippen LogP contribution in [0.4, 0.5) is 0 Å². The van der Waals surface area contributed by atoms with Gasteiger partial charge in [0.2, 0.25) is 0 Å². The first-order valence-electron chi connectivity index (χ1n) is 7.13. The van der Waals surface area contributed by atoms with Crippen LogP contribution >= 0.6 is 11.6 Å². The summed E-state index contributed by atoms with van der Waals surface area (Å²) in [5.41, 5.74) is 8.27. The summed E-state index contributed by atoms with van der Waals surface area (Å²) in [4.78, 5) is 13.0. The molecule has 0 heterocycles. The van der Waals surface area contributed by atoms with Gasteiger partial charge < -0.3 is 0 Å². The van der Waals surface area contributed by atoms with E-state index in [9.17, 15) is 4.79 Å². The Hall–Kier alpha value is -1.60. The van der Waals surface area contributed by atoms with Crippen molar-refractivity contribution in [2.75, 3.05) is 0 Å². The van der Waals surface area contributed by atoms with Gasteiger partial charge in [-0.15, -0.1) is 0 Å². The summed E-state index contributed by atoms with van der Waals surface area (Å²) < 4.78 is 0. The molecule has 0 aliphatic rings. The van der Waals surface area contributed by atoms with Crippen molar-refractivity contribution in [3.63, 3.8) is 0 Å². The molecule has 0 fully saturated rings. The molecule has 0 aromatic heterocycles. The quantitative estimate of drug-likeness (QED) is 0.677. The number of halogens is 1. The third-order valence-corrected chi connectivity index (χ3v) is 4.91. The lowest BCUT2D eigenvalue weighted by Crippen LogP contribution is -2.11. The molecule has 0 aliphatic heterocycles. The van der Waals surface area contributed by atoms with Gasteiger partial charge in [0.1, 0.15) is 0 Å². The molecule has 0 saturated carbocycles. The van der Waals surface area contributed by atoms with Crippen LogP contribution in [-0.4, -0.2) is 5.78 Å². The smallest absolute Gasteiger partial charge is 0.193 e. The molecular formula is C19H21ClO. The van der Waals surface area contributed by atoms with Gasteiger partial charge in [-0.1, -0.05) is 17.7 Å². The SMILES string of the molecule is Cc1ccc(Cl)cc1C(=O)c1c(C)c(C)c(C)c(C)c1C. The fourth-order valence-corrected chi connectivity index (χ4v) is 2.99. The van der Waals surface area contributed by atoms with Gasteiger partial charge in [-0.05, 0) is 87.1 Å². The van der Waals surface area contributed by atoms with Gasteiger partial charge >= 0.3 is 0 Å². The maximum absolute atomic E-state index is 13.0. The van der Waals surface area contributed by atoms with E-state index in [0.29, 0.717) is 10.6 Å². The highest BCUT2D eigenvalue weighted by atomic mass is 35.5. The van der Waals surface area contributed by atoms with E-state index in [1.807, 2.05) is 32.9 Å². The van der Waals surface area contributed by atoms with Gasteiger partial charge in [0, 0.05) is 16.1 Å². The predicted octanol–water partition coefficient (Wildman–Crippen LogP) is 5.42. The van der Waals surface area contributed by atoms with E-state index in [2.05, 4.69) is 20.8 Å². The van der Waals surface area contributed by atoms with Gasteiger partial charge in [0.05, 0.1) is 0 Å². The zero-order valence-corrected chi connectivity index (χ0v) is 14.3. The van der Waals surface area contributed by atoms with Crippen LogP contribution in [0.2, 0.25) is 5.02 Å². The predicted molar refractivity (Wildman–Crippen MR) is 89.7 cm³/mol. The summed E-state index contributed by atoms with van der Waals surface area (Å²) in [7, 11) is 0. The third kappa shape index (κ3) is 2.63. The summed E-state index contributed by atoms with van der Waals surface area (Å²) >= 11 is 6.06. The molecule has 0 saturated heterocycles. The Balaban J connectivity index is 2.73. The Kier molecular flexibility index (Phi) is 4.25. The van der Waals surface area contributed by atoms with E-state index in [0.717, 1.165) is 22.3 Å². The zero-order chi connectivity index (χ0) is 15.9. The van der Waals surface area contributed by atoms with Crippen LogP contribution in [0.15, 0.2) is 18.2 Å². The molecule has 2 aromatic carbocycles. The van der Waals surface area contributed by atoms with Gasteiger partial charge in [0.25, 0.3) is 0 Å². The van der Waals surface area contributed by atoms with Crippen LogP contribution < -0.4 is 0 Å². The molecule has 21 heavy (non-hydrogen) atoms. The highest BCUT2D eigenvalue weighted by molar-refractivity contribution is 6.31. The van der Waals surface area contributed by atoms with Crippen molar-refractivity contribution in [1.29, 1.82) is 0 Å². The largest absolute Gasteiger partial charge is 0.289 e. The molecule has 0 N–H and O–H groups in total. The zero-order valence-electron chi connectivity index (χ0n) is 13.5. The Morgan fingerprint density at radius 2 is 1.29 bits per heavy atom. The first kappa shape index (κ1) is 15.8. The number of rotatable bonds is 2. The minimum atomic E-state index is 0.0659. The molecule has 2 heteroatoms. The second-order valence-electron chi connectivity index (χ2n) is 5.79. The molecule has 0 bridgehead atoms. The first-order valence-corrected chi connectivity index (χ1v) is 7.51. The number of hydrogen-bond acceptors (Lipinski definition) is 1. The summed E-state index contributed by atoms with van der Waals surface area (Å²) in [5.74, 6) is 0.0659. The molecule has 0 unspecified atom stereocenters. The molecule has 0 atom stereocenters. The summed E-state index contributed by atoms with van der Waals surface area (Å²) in [6, 6.07) is 5.48. The average Bonchev–Trinajstić information content (AvgIpc) is 2.45. The van der Waals surface area contributed by atoms with Crippen molar-refractivity contribution < 1.29 is 4.79 Å². The average molecular weight is 301 g/mol. The summed E-state index contributed by atoms with van der Waals surface area (Å²) in [5, 5.41) is 0.597. The highest BCUT2D eigenvalue weighted by Gasteiger charge is 2.20. The lowest BCUT2D eigenvalue weighted by molar-refractivity contribution is 0.103. The molecule has 0 radical (unpaired) electrons. The van der Waals surface area contributed by atoms with Crippen LogP contribution in [-0.2, 0) is 0 Å². The first-order chi connectivity index (χ1) is 9.75. The Labute approximate surface area is 132 Å². The number of hydrogen-bond donors (Lipinski definition) is 0. The van der Waals surface area contributed by atoms with E-state index in [4.69, 9.17) is 11.6 Å². The maximum atomic E-state index is 13.0. The Morgan fingerprint density at radius 3 is 1.81 bits per heavy atom. The van der Waals surface area contributed by atoms with Crippen molar-refractivity contribution >= 4 is 17.4 Å². The van der Waals surface area contributed by atoms with Crippen LogP contribution in [0.3, 0.4) is 0 Å². The van der Waals surface area contributed by atoms with E-state index in [1.165, 1.54) is 16.7 Å². The number of carbonyl (C=O) groups is 1. The molecule has 0 spiro atoms. The van der Waals surface area contributed by atoms with Crippen LogP contribution in [0.1, 0.15) is 49.3 Å². The number of ketones is 1. The maximum Gasteiger partial charge on any atom is 0.193 e. The number of aryl methyl sites for hydroxylation is 1. The molecule has 110 valence electrons. The Morgan fingerprint density at radius 1 is 0.810 bits per heavy atom. The highest BCUT2D eigenvalue weighted by Crippen LogP contribution is 2.29. The Bertz CT molecular complexity index is 713. The second-order valence-corrected chi connectivity index (χ2v) is 6.22. The molecule has 2 aromatic rings. The molecule has 0 aliphatic carbocycles. The van der Waals surface area contributed by atoms with Gasteiger partial charge in [-0.25, -0.2) is 0 Å². The van der Waals surface area contributed by atoms with Crippen molar-refractivity contribution in [1.82, 2.24) is 0 Å². The van der Waals surface area contributed by atoms with Crippen molar-refractivity contribution in [2.45, 2.75) is 41.5 Å². The van der Waals surface area contributed by atoms with Gasteiger partial charge in [0.15, 0.2) is 5.78 Å². The van der Waals surface area contributed by atoms with E-state index >= 15 is 0 Å². The molecular weight excluding hydrogens is 280 g/mol. The van der Waals surface area contributed by atoms with Crippen molar-refractivity contribution in [2.24, 2.45) is 0 Å². The number of benzene rings is 2. The second kappa shape index (κ2) is 5.65. The van der Waals surface area contributed by atoms with Crippen LogP contribution in [0, 0.1) is 41.5 Å². The van der Waals surface area contributed by atoms with Crippen molar-refractivity contribution in [3.05, 3.63) is 67.7 Å². The standard InChI is InChI=1S/C19H21ClO/c1-10-7-8-16(20)9-17(10)19(21)18-14(5)12(3)11(2)13(4)15(18)6/h7-9H,1-6H3.